The first-order valence-corrected chi connectivity index (χ1v) is 7.95. The summed E-state index contributed by atoms with van der Waals surface area (Å²) >= 11 is 19.1. The Hall–Kier alpha value is -0.290. The van der Waals surface area contributed by atoms with Crippen molar-refractivity contribution < 1.29 is 9.13 Å². The molecule has 0 bridgehead atoms. The molecule has 0 fully saturated rings. The maximum absolute atomic E-state index is 13.5. The second-order valence-corrected chi connectivity index (χ2v) is 6.72. The van der Waals surface area contributed by atoms with E-state index in [0.29, 0.717) is 30.8 Å². The zero-order chi connectivity index (χ0) is 14.9. The molecule has 0 aromatic heterocycles. The summed E-state index contributed by atoms with van der Waals surface area (Å²) in [4.78, 5) is 0. The highest BCUT2D eigenvalue weighted by molar-refractivity contribution is 9.10. The normalized spacial score (nSPS) is 12.3. The molecule has 20 heavy (non-hydrogen) atoms. The van der Waals surface area contributed by atoms with Crippen molar-refractivity contribution in [2.24, 2.45) is 0 Å². The summed E-state index contributed by atoms with van der Waals surface area (Å²) in [6.45, 7) is 0. The fourth-order valence-electron chi connectivity index (χ4n) is 1.88. The van der Waals surface area contributed by atoms with Crippen LogP contribution in [0.4, 0.5) is 4.39 Å². The number of halogens is 5. The topological polar surface area (TPSA) is 9.23 Å². The molecule has 0 saturated heterocycles. The molecule has 1 atom stereocenters. The summed E-state index contributed by atoms with van der Waals surface area (Å²) in [5, 5.41) is -0.0549. The fourth-order valence-corrected chi connectivity index (χ4v) is 3.65. The van der Waals surface area contributed by atoms with Crippen LogP contribution >= 0.6 is 55.1 Å². The van der Waals surface area contributed by atoms with E-state index in [2.05, 4.69) is 31.9 Å². The van der Waals surface area contributed by atoms with Gasteiger partial charge in [-0.15, -0.1) is 11.6 Å². The van der Waals surface area contributed by atoms with Gasteiger partial charge in [0.25, 0.3) is 0 Å². The molecule has 0 saturated carbocycles. The van der Waals surface area contributed by atoms with Gasteiger partial charge in [-0.1, -0.05) is 27.5 Å². The minimum Gasteiger partial charge on any atom is -0.495 e. The summed E-state index contributed by atoms with van der Waals surface area (Å²) in [5.41, 5.74) is 1.29. The molecule has 1 unspecified atom stereocenters. The van der Waals surface area contributed by atoms with Crippen LogP contribution in [0.15, 0.2) is 39.3 Å². The summed E-state index contributed by atoms with van der Waals surface area (Å²) in [6, 6.07) is 7.94. The van der Waals surface area contributed by atoms with E-state index in [1.165, 1.54) is 12.1 Å². The Labute approximate surface area is 143 Å². The van der Waals surface area contributed by atoms with Crippen LogP contribution in [0.3, 0.4) is 0 Å². The van der Waals surface area contributed by atoms with Crippen molar-refractivity contribution in [2.75, 3.05) is 7.11 Å². The highest BCUT2D eigenvalue weighted by Gasteiger charge is 2.20. The standard InChI is InChI=1S/C14H9Br2Cl2FO/c1-20-14-11(5-9(17)6-12(14)16)13(18)7-2-8(15)4-10(19)3-7/h2-6,13H,1H3. The van der Waals surface area contributed by atoms with E-state index in [9.17, 15) is 4.39 Å². The lowest BCUT2D eigenvalue weighted by Gasteiger charge is -2.16. The van der Waals surface area contributed by atoms with Gasteiger partial charge >= 0.3 is 0 Å². The maximum Gasteiger partial charge on any atom is 0.138 e. The molecule has 106 valence electrons. The first kappa shape index (κ1) is 16.1. The molecule has 2 rings (SSSR count). The van der Waals surface area contributed by atoms with Gasteiger partial charge in [0.2, 0.25) is 0 Å². The zero-order valence-electron chi connectivity index (χ0n) is 10.3. The Bertz CT molecular complexity index is 629. The Morgan fingerprint density at radius 2 is 1.85 bits per heavy atom. The van der Waals surface area contributed by atoms with E-state index in [1.54, 1.807) is 25.3 Å². The second kappa shape index (κ2) is 6.65. The molecular weight excluding hydrogens is 434 g/mol. The predicted octanol–water partition coefficient (Wildman–Crippen LogP) is 6.34. The van der Waals surface area contributed by atoms with Crippen molar-refractivity contribution >= 4 is 55.1 Å². The van der Waals surface area contributed by atoms with E-state index in [4.69, 9.17) is 27.9 Å². The van der Waals surface area contributed by atoms with E-state index >= 15 is 0 Å². The van der Waals surface area contributed by atoms with Crippen LogP contribution in [0, 0.1) is 5.82 Å². The molecule has 0 heterocycles. The van der Waals surface area contributed by atoms with Gasteiger partial charge in [0, 0.05) is 15.1 Å². The highest BCUT2D eigenvalue weighted by Crippen LogP contribution is 2.41. The van der Waals surface area contributed by atoms with Gasteiger partial charge in [0.05, 0.1) is 17.0 Å². The minimum absolute atomic E-state index is 0.361. The van der Waals surface area contributed by atoms with Crippen LogP contribution in [0.1, 0.15) is 16.5 Å². The Balaban J connectivity index is 2.55. The number of alkyl halides is 1. The second-order valence-electron chi connectivity index (χ2n) is 4.08. The molecule has 0 spiro atoms. The van der Waals surface area contributed by atoms with Gasteiger partial charge in [-0.2, -0.15) is 0 Å². The van der Waals surface area contributed by atoms with Crippen molar-refractivity contribution in [1.82, 2.24) is 0 Å². The fraction of sp³-hybridized carbons (Fsp3) is 0.143. The molecule has 0 N–H and O–H groups in total. The lowest BCUT2D eigenvalue weighted by molar-refractivity contribution is 0.407. The van der Waals surface area contributed by atoms with Crippen LogP contribution in [-0.4, -0.2) is 7.11 Å². The van der Waals surface area contributed by atoms with Crippen LogP contribution in [0.5, 0.6) is 5.75 Å². The molecular formula is C14H9Br2Cl2FO. The third-order valence-electron chi connectivity index (χ3n) is 2.69. The van der Waals surface area contributed by atoms with Crippen LogP contribution < -0.4 is 4.74 Å². The Morgan fingerprint density at radius 1 is 1.15 bits per heavy atom. The van der Waals surface area contributed by atoms with Gasteiger partial charge in [0.15, 0.2) is 0 Å². The molecule has 2 aromatic carbocycles. The van der Waals surface area contributed by atoms with Gasteiger partial charge in [0.1, 0.15) is 11.6 Å². The first-order chi connectivity index (χ1) is 9.42. The molecule has 0 amide bonds. The van der Waals surface area contributed by atoms with Gasteiger partial charge in [-0.05, 0) is 51.8 Å². The monoisotopic (exact) mass is 440 g/mol. The lowest BCUT2D eigenvalue weighted by Crippen LogP contribution is -1.99. The summed E-state index contributed by atoms with van der Waals surface area (Å²) < 4.78 is 20.1. The van der Waals surface area contributed by atoms with Crippen LogP contribution in [-0.2, 0) is 0 Å². The maximum atomic E-state index is 13.5. The number of hydrogen-bond donors (Lipinski definition) is 0. The SMILES string of the molecule is COc1c(Br)cc(Cl)cc1C(Cl)c1cc(F)cc(Br)c1. The number of rotatable bonds is 3. The average Bonchev–Trinajstić information content (AvgIpc) is 2.35. The van der Waals surface area contributed by atoms with Crippen LogP contribution in [0.25, 0.3) is 0 Å². The zero-order valence-corrected chi connectivity index (χ0v) is 14.9. The number of methoxy groups -OCH3 is 1. The molecule has 0 radical (unpaired) electrons. The molecule has 0 aliphatic carbocycles. The molecule has 0 aliphatic rings. The predicted molar refractivity (Wildman–Crippen MR) is 87.5 cm³/mol. The number of ether oxygens (including phenoxy) is 1. The largest absolute Gasteiger partial charge is 0.495 e. The Kier molecular flexibility index (Phi) is 5.35. The summed E-state index contributed by atoms with van der Waals surface area (Å²) in [5.74, 6) is 0.217. The van der Waals surface area contributed by atoms with Crippen molar-refractivity contribution in [3.05, 3.63) is 61.2 Å². The molecule has 1 nitrogen and oxygen atoms in total. The summed E-state index contributed by atoms with van der Waals surface area (Å²) in [6.07, 6.45) is 0. The first-order valence-electron chi connectivity index (χ1n) is 5.55. The van der Waals surface area contributed by atoms with E-state index < -0.39 is 5.38 Å². The van der Waals surface area contributed by atoms with E-state index in [-0.39, 0.29) is 5.82 Å². The van der Waals surface area contributed by atoms with Gasteiger partial charge in [-0.25, -0.2) is 4.39 Å². The third kappa shape index (κ3) is 3.48. The van der Waals surface area contributed by atoms with Gasteiger partial charge < -0.3 is 4.74 Å². The van der Waals surface area contributed by atoms with Gasteiger partial charge in [-0.3, -0.25) is 0 Å². The number of benzene rings is 2. The smallest absolute Gasteiger partial charge is 0.138 e. The van der Waals surface area contributed by atoms with Crippen LogP contribution in [0.2, 0.25) is 5.02 Å². The van der Waals surface area contributed by atoms with Crippen molar-refractivity contribution in [3.8, 4) is 5.75 Å². The third-order valence-corrected chi connectivity index (χ3v) is 4.44. The highest BCUT2D eigenvalue weighted by atomic mass is 79.9. The lowest BCUT2D eigenvalue weighted by atomic mass is 10.0. The summed E-state index contributed by atoms with van der Waals surface area (Å²) in [7, 11) is 1.54. The van der Waals surface area contributed by atoms with E-state index in [0.717, 1.165) is 0 Å². The van der Waals surface area contributed by atoms with Crippen molar-refractivity contribution in [1.29, 1.82) is 0 Å². The molecule has 2 aromatic rings. The quantitative estimate of drug-likeness (QED) is 0.504. The Morgan fingerprint density at radius 3 is 2.45 bits per heavy atom. The average molecular weight is 443 g/mol. The molecule has 6 heteroatoms. The number of hydrogen-bond acceptors (Lipinski definition) is 1. The van der Waals surface area contributed by atoms with Crippen molar-refractivity contribution in [3.63, 3.8) is 0 Å². The minimum atomic E-state index is -0.577. The molecule has 0 aliphatic heterocycles. The van der Waals surface area contributed by atoms with E-state index in [1.807, 2.05) is 0 Å². The van der Waals surface area contributed by atoms with Crippen molar-refractivity contribution in [2.45, 2.75) is 5.38 Å².